The number of sulfonamides is 1. The number of anilines is 1. The van der Waals surface area contributed by atoms with Gasteiger partial charge in [-0.3, -0.25) is 4.72 Å². The minimum absolute atomic E-state index is 0.0809. The number of nitrogens with one attached hydrogen (secondary N) is 1. The second-order valence-electron chi connectivity index (χ2n) is 3.96. The minimum atomic E-state index is -3.84. The van der Waals surface area contributed by atoms with Crippen molar-refractivity contribution in [1.29, 1.82) is 0 Å². The smallest absolute Gasteiger partial charge is 0.337 e. The maximum absolute atomic E-state index is 12.1. The summed E-state index contributed by atoms with van der Waals surface area (Å²) < 4.78 is 31.1. The normalized spacial score (nSPS) is 11.0. The number of halogens is 1. The van der Waals surface area contributed by atoms with Gasteiger partial charge in [0, 0.05) is 6.20 Å². The fraction of sp³-hybridized carbons (Fsp3) is 0.0769. The van der Waals surface area contributed by atoms with E-state index in [0.29, 0.717) is 0 Å². The summed E-state index contributed by atoms with van der Waals surface area (Å²) in [5.41, 5.74) is 0.373. The Kier molecular flexibility index (Phi) is 4.44. The average Bonchev–Trinajstić information content (AvgIpc) is 2.49. The highest BCUT2D eigenvalue weighted by molar-refractivity contribution is 7.92. The van der Waals surface area contributed by atoms with Crippen molar-refractivity contribution in [3.05, 3.63) is 53.2 Å². The first-order valence-corrected chi connectivity index (χ1v) is 7.62. The van der Waals surface area contributed by atoms with Gasteiger partial charge < -0.3 is 4.74 Å². The highest BCUT2D eigenvalue weighted by Gasteiger charge is 2.17. The molecular weight excluding hydrogens is 316 g/mol. The lowest BCUT2D eigenvalue weighted by atomic mass is 10.2. The Bertz CT molecular complexity index is 763. The number of rotatable bonds is 4. The van der Waals surface area contributed by atoms with Gasteiger partial charge in [0.25, 0.3) is 10.0 Å². The lowest BCUT2D eigenvalue weighted by molar-refractivity contribution is 0.0601. The Balaban J connectivity index is 2.30. The van der Waals surface area contributed by atoms with Crippen LogP contribution in [0.15, 0.2) is 47.6 Å². The van der Waals surface area contributed by atoms with Gasteiger partial charge >= 0.3 is 5.97 Å². The molecule has 0 spiro atoms. The number of esters is 1. The molecule has 21 heavy (non-hydrogen) atoms. The topological polar surface area (TPSA) is 85.4 Å². The Morgan fingerprint density at radius 3 is 2.62 bits per heavy atom. The van der Waals surface area contributed by atoms with E-state index < -0.39 is 16.0 Å². The van der Waals surface area contributed by atoms with Crippen molar-refractivity contribution in [3.8, 4) is 0 Å². The summed E-state index contributed by atoms with van der Waals surface area (Å²) in [7, 11) is -2.59. The Morgan fingerprint density at radius 1 is 1.29 bits per heavy atom. The van der Waals surface area contributed by atoms with E-state index >= 15 is 0 Å². The number of nitrogens with zero attached hydrogens (tertiary/aromatic N) is 1. The second-order valence-corrected chi connectivity index (χ2v) is 6.00. The van der Waals surface area contributed by atoms with E-state index in [-0.39, 0.29) is 21.3 Å². The largest absolute Gasteiger partial charge is 0.465 e. The highest BCUT2D eigenvalue weighted by Crippen LogP contribution is 2.25. The molecule has 0 saturated carbocycles. The molecule has 0 fully saturated rings. The van der Waals surface area contributed by atoms with Crippen molar-refractivity contribution in [1.82, 2.24) is 4.98 Å². The zero-order valence-corrected chi connectivity index (χ0v) is 12.5. The number of hydrogen-bond acceptors (Lipinski definition) is 5. The van der Waals surface area contributed by atoms with Gasteiger partial charge in [-0.25, -0.2) is 9.78 Å². The maximum atomic E-state index is 12.1. The Morgan fingerprint density at radius 2 is 2.05 bits per heavy atom. The molecule has 8 heteroatoms. The molecule has 0 saturated heterocycles. The summed E-state index contributed by atoms with van der Waals surface area (Å²) in [4.78, 5) is 15.1. The fourth-order valence-electron chi connectivity index (χ4n) is 1.55. The Hall–Kier alpha value is -2.12. The van der Waals surface area contributed by atoms with Crippen LogP contribution in [0, 0.1) is 0 Å². The van der Waals surface area contributed by atoms with E-state index in [1.807, 2.05) is 0 Å². The van der Waals surface area contributed by atoms with E-state index in [1.54, 1.807) is 12.1 Å². The van der Waals surface area contributed by atoms with Crippen LogP contribution in [0.4, 0.5) is 5.69 Å². The van der Waals surface area contributed by atoms with Gasteiger partial charge in [0.2, 0.25) is 0 Å². The summed E-state index contributed by atoms with van der Waals surface area (Å²) in [6.07, 6.45) is 1.37. The van der Waals surface area contributed by atoms with Crippen LogP contribution < -0.4 is 4.72 Å². The van der Waals surface area contributed by atoms with E-state index in [1.165, 1.54) is 37.6 Å². The molecule has 1 aromatic carbocycles. The molecule has 0 unspecified atom stereocenters. The highest BCUT2D eigenvalue weighted by atomic mass is 35.5. The van der Waals surface area contributed by atoms with Crippen molar-refractivity contribution in [2.75, 3.05) is 11.8 Å². The molecule has 1 aromatic heterocycles. The number of hydrogen-bond donors (Lipinski definition) is 1. The van der Waals surface area contributed by atoms with Crippen molar-refractivity contribution in [2.45, 2.75) is 5.03 Å². The van der Waals surface area contributed by atoms with E-state index in [9.17, 15) is 13.2 Å². The molecule has 110 valence electrons. The van der Waals surface area contributed by atoms with Crippen molar-refractivity contribution in [2.24, 2.45) is 0 Å². The quantitative estimate of drug-likeness (QED) is 0.871. The van der Waals surface area contributed by atoms with Crippen LogP contribution in [0.3, 0.4) is 0 Å². The average molecular weight is 327 g/mol. The summed E-state index contributed by atoms with van der Waals surface area (Å²) in [6.45, 7) is 0. The molecule has 2 rings (SSSR count). The van der Waals surface area contributed by atoms with Crippen LogP contribution in [0.1, 0.15) is 10.4 Å². The molecule has 6 nitrogen and oxygen atoms in total. The maximum Gasteiger partial charge on any atom is 0.337 e. The monoisotopic (exact) mass is 326 g/mol. The zero-order chi connectivity index (χ0) is 15.5. The minimum Gasteiger partial charge on any atom is -0.465 e. The number of aromatic nitrogens is 1. The molecule has 1 N–H and O–H groups in total. The van der Waals surface area contributed by atoms with Gasteiger partial charge in [-0.05, 0) is 30.3 Å². The zero-order valence-electron chi connectivity index (χ0n) is 10.9. The van der Waals surface area contributed by atoms with Gasteiger partial charge in [0.1, 0.15) is 0 Å². The third kappa shape index (κ3) is 3.50. The first-order valence-electron chi connectivity index (χ1n) is 5.76. The van der Waals surface area contributed by atoms with Gasteiger partial charge in [0.15, 0.2) is 5.03 Å². The molecule has 0 aliphatic heterocycles. The number of methoxy groups -OCH3 is 1. The van der Waals surface area contributed by atoms with Gasteiger partial charge in [-0.2, -0.15) is 8.42 Å². The lowest BCUT2D eigenvalue weighted by Gasteiger charge is -2.09. The lowest BCUT2D eigenvalue weighted by Crippen LogP contribution is -2.14. The fourth-order valence-corrected chi connectivity index (χ4v) is 2.86. The van der Waals surface area contributed by atoms with Crippen LogP contribution in [0.5, 0.6) is 0 Å². The van der Waals surface area contributed by atoms with Crippen molar-refractivity contribution in [3.63, 3.8) is 0 Å². The summed E-state index contributed by atoms with van der Waals surface area (Å²) in [6, 6.07) is 8.65. The summed E-state index contributed by atoms with van der Waals surface area (Å²) in [5, 5.41) is -0.0458. The number of pyridine rings is 1. The first kappa shape index (κ1) is 15.3. The molecule has 1 heterocycles. The van der Waals surface area contributed by atoms with Gasteiger partial charge in [-0.15, -0.1) is 0 Å². The number of benzene rings is 1. The SMILES string of the molecule is COC(=O)c1ccc(NS(=O)(=O)c2ccccn2)c(Cl)c1. The molecular formula is C13H11ClN2O4S. The van der Waals surface area contributed by atoms with Crippen LogP contribution in [0.25, 0.3) is 0 Å². The number of carbonyl (C=O) groups excluding carboxylic acids is 1. The van der Waals surface area contributed by atoms with Crippen molar-refractivity contribution < 1.29 is 17.9 Å². The first-order chi connectivity index (χ1) is 9.94. The summed E-state index contributed by atoms with van der Waals surface area (Å²) >= 11 is 5.97. The molecule has 0 aliphatic carbocycles. The van der Waals surface area contributed by atoms with Gasteiger partial charge in [0.05, 0.1) is 23.4 Å². The molecule has 0 atom stereocenters. The third-order valence-electron chi connectivity index (χ3n) is 2.55. The Labute approximate surface area is 126 Å². The van der Waals surface area contributed by atoms with Crippen LogP contribution >= 0.6 is 11.6 Å². The van der Waals surface area contributed by atoms with E-state index in [2.05, 4.69) is 14.4 Å². The number of carbonyl (C=O) groups is 1. The second kappa shape index (κ2) is 6.11. The number of ether oxygens (including phenoxy) is 1. The molecule has 0 amide bonds. The summed E-state index contributed by atoms with van der Waals surface area (Å²) in [5.74, 6) is -0.559. The van der Waals surface area contributed by atoms with Crippen LogP contribution in [-0.4, -0.2) is 26.5 Å². The molecule has 0 radical (unpaired) electrons. The predicted molar refractivity (Wildman–Crippen MR) is 77.8 cm³/mol. The molecule has 0 bridgehead atoms. The van der Waals surface area contributed by atoms with Crippen molar-refractivity contribution >= 4 is 33.3 Å². The third-order valence-corrected chi connectivity index (χ3v) is 4.14. The van der Waals surface area contributed by atoms with E-state index in [4.69, 9.17) is 11.6 Å². The molecule has 0 aliphatic rings. The van der Waals surface area contributed by atoms with E-state index in [0.717, 1.165) is 0 Å². The van der Waals surface area contributed by atoms with Crippen LogP contribution in [0.2, 0.25) is 5.02 Å². The van der Waals surface area contributed by atoms with Crippen LogP contribution in [-0.2, 0) is 14.8 Å². The predicted octanol–water partition coefficient (Wildman–Crippen LogP) is 2.32. The molecule has 2 aromatic rings. The van der Waals surface area contributed by atoms with Gasteiger partial charge in [-0.1, -0.05) is 17.7 Å². The standard InChI is InChI=1S/C13H11ClN2O4S/c1-20-13(17)9-5-6-11(10(14)8-9)16-21(18,19)12-4-2-3-7-15-12/h2-8,16H,1H3.